The summed E-state index contributed by atoms with van der Waals surface area (Å²) in [5.41, 5.74) is 1.91. The Morgan fingerprint density at radius 1 is 0.774 bits per heavy atom. The van der Waals surface area contributed by atoms with Crippen LogP contribution in [-0.4, -0.2) is 52.5 Å². The van der Waals surface area contributed by atoms with Gasteiger partial charge in [-0.15, -0.1) is 0 Å². The lowest BCUT2D eigenvalue weighted by atomic mass is 10.1. The van der Waals surface area contributed by atoms with Gasteiger partial charge in [-0.1, -0.05) is 48.5 Å². The molecule has 6 nitrogen and oxygen atoms in total. The summed E-state index contributed by atoms with van der Waals surface area (Å²) in [6.45, 7) is 2.63. The van der Waals surface area contributed by atoms with Crippen molar-refractivity contribution in [2.45, 2.75) is 4.90 Å². The van der Waals surface area contributed by atoms with Crippen molar-refractivity contribution in [3.8, 4) is 0 Å². The fourth-order valence-corrected chi connectivity index (χ4v) is 5.02. The van der Waals surface area contributed by atoms with E-state index in [0.29, 0.717) is 24.3 Å². The molecule has 1 fully saturated rings. The van der Waals surface area contributed by atoms with Crippen LogP contribution in [0.3, 0.4) is 0 Å². The highest BCUT2D eigenvalue weighted by molar-refractivity contribution is 7.92. The molecule has 0 bridgehead atoms. The van der Waals surface area contributed by atoms with E-state index in [1.54, 1.807) is 59.5 Å². The second-order valence-electron chi connectivity index (χ2n) is 7.42. The van der Waals surface area contributed by atoms with E-state index >= 15 is 0 Å². The SMILES string of the molecule is CN(c1ccccc1C(=O)N1CCN(c2ccccc2)CC1)S(=O)(=O)c1ccccc1. The van der Waals surface area contributed by atoms with Crippen molar-refractivity contribution >= 4 is 27.3 Å². The lowest BCUT2D eigenvalue weighted by Gasteiger charge is -2.36. The normalized spacial score (nSPS) is 14.4. The first-order valence-corrected chi connectivity index (χ1v) is 11.6. The lowest BCUT2D eigenvalue weighted by molar-refractivity contribution is 0.0747. The monoisotopic (exact) mass is 435 g/mol. The quantitative estimate of drug-likeness (QED) is 0.616. The van der Waals surface area contributed by atoms with Gasteiger partial charge >= 0.3 is 0 Å². The first-order valence-electron chi connectivity index (χ1n) is 10.2. The second kappa shape index (κ2) is 8.81. The first kappa shape index (κ1) is 20.9. The molecule has 0 aromatic heterocycles. The largest absolute Gasteiger partial charge is 0.368 e. The van der Waals surface area contributed by atoms with Gasteiger partial charge in [0, 0.05) is 38.9 Å². The molecule has 31 heavy (non-hydrogen) atoms. The van der Waals surface area contributed by atoms with Gasteiger partial charge in [-0.05, 0) is 36.4 Å². The smallest absolute Gasteiger partial charge is 0.264 e. The van der Waals surface area contributed by atoms with Crippen molar-refractivity contribution < 1.29 is 13.2 Å². The Kier molecular flexibility index (Phi) is 5.95. The molecule has 7 heteroatoms. The van der Waals surface area contributed by atoms with E-state index in [-0.39, 0.29) is 10.8 Å². The second-order valence-corrected chi connectivity index (χ2v) is 9.39. The van der Waals surface area contributed by atoms with Gasteiger partial charge in [-0.3, -0.25) is 9.10 Å². The molecular weight excluding hydrogens is 410 g/mol. The van der Waals surface area contributed by atoms with Crippen LogP contribution in [0.25, 0.3) is 0 Å². The Morgan fingerprint density at radius 2 is 1.32 bits per heavy atom. The van der Waals surface area contributed by atoms with Crippen molar-refractivity contribution in [2.24, 2.45) is 0 Å². The molecule has 0 radical (unpaired) electrons. The molecule has 0 unspecified atom stereocenters. The van der Waals surface area contributed by atoms with Gasteiger partial charge in [0.15, 0.2) is 0 Å². The minimum Gasteiger partial charge on any atom is -0.368 e. The summed E-state index contributed by atoms with van der Waals surface area (Å²) in [6.07, 6.45) is 0. The summed E-state index contributed by atoms with van der Waals surface area (Å²) < 4.78 is 27.3. The van der Waals surface area contributed by atoms with Crippen molar-refractivity contribution in [1.82, 2.24) is 4.90 Å². The highest BCUT2D eigenvalue weighted by atomic mass is 32.2. The van der Waals surface area contributed by atoms with E-state index in [2.05, 4.69) is 17.0 Å². The van der Waals surface area contributed by atoms with E-state index in [1.807, 2.05) is 18.2 Å². The molecule has 0 saturated carbocycles. The molecule has 1 saturated heterocycles. The third kappa shape index (κ3) is 4.27. The zero-order chi connectivity index (χ0) is 21.8. The molecular formula is C24H25N3O3S. The van der Waals surface area contributed by atoms with Gasteiger partial charge < -0.3 is 9.80 Å². The van der Waals surface area contributed by atoms with Crippen LogP contribution in [-0.2, 0) is 10.0 Å². The van der Waals surface area contributed by atoms with E-state index < -0.39 is 10.0 Å². The third-order valence-corrected chi connectivity index (χ3v) is 7.35. The van der Waals surface area contributed by atoms with Crippen molar-refractivity contribution in [3.63, 3.8) is 0 Å². The van der Waals surface area contributed by atoms with Crippen LogP contribution in [0.2, 0.25) is 0 Å². The number of anilines is 2. The highest BCUT2D eigenvalue weighted by Crippen LogP contribution is 2.27. The number of carbonyl (C=O) groups is 1. The molecule has 1 aliphatic rings. The Balaban J connectivity index is 1.54. The summed E-state index contributed by atoms with van der Waals surface area (Å²) in [4.78, 5) is 17.6. The molecule has 0 atom stereocenters. The number of carbonyl (C=O) groups excluding carboxylic acids is 1. The Labute approximate surface area is 183 Å². The number of hydrogen-bond acceptors (Lipinski definition) is 4. The molecule has 3 aromatic rings. The maximum atomic E-state index is 13.3. The lowest BCUT2D eigenvalue weighted by Crippen LogP contribution is -2.49. The minimum absolute atomic E-state index is 0.154. The molecule has 0 N–H and O–H groups in total. The number of benzene rings is 3. The number of hydrogen-bond donors (Lipinski definition) is 0. The maximum absolute atomic E-state index is 13.3. The van der Waals surface area contributed by atoms with E-state index in [1.165, 1.54) is 11.4 Å². The van der Waals surface area contributed by atoms with Crippen molar-refractivity contribution in [3.05, 3.63) is 90.5 Å². The number of piperazine rings is 1. The molecule has 0 aliphatic carbocycles. The summed E-state index contributed by atoms with van der Waals surface area (Å²) >= 11 is 0. The van der Waals surface area contributed by atoms with E-state index in [4.69, 9.17) is 0 Å². The fraction of sp³-hybridized carbons (Fsp3) is 0.208. The third-order valence-electron chi connectivity index (χ3n) is 5.56. The van der Waals surface area contributed by atoms with Gasteiger partial charge in [0.05, 0.1) is 16.1 Å². The Morgan fingerprint density at radius 3 is 1.97 bits per heavy atom. The number of para-hydroxylation sites is 2. The first-order chi connectivity index (χ1) is 15.0. The maximum Gasteiger partial charge on any atom is 0.264 e. The predicted molar refractivity (Wildman–Crippen MR) is 123 cm³/mol. The zero-order valence-electron chi connectivity index (χ0n) is 17.4. The van der Waals surface area contributed by atoms with Crippen LogP contribution in [0.15, 0.2) is 89.8 Å². The minimum atomic E-state index is -3.77. The topological polar surface area (TPSA) is 60.9 Å². The summed E-state index contributed by atoms with van der Waals surface area (Å²) in [6, 6.07) is 25.3. The van der Waals surface area contributed by atoms with Gasteiger partial charge in [-0.2, -0.15) is 0 Å². The molecule has 1 heterocycles. The van der Waals surface area contributed by atoms with Crippen LogP contribution < -0.4 is 9.21 Å². The van der Waals surface area contributed by atoms with Gasteiger partial charge in [0.25, 0.3) is 15.9 Å². The number of rotatable bonds is 5. The van der Waals surface area contributed by atoms with Crippen molar-refractivity contribution in [2.75, 3.05) is 42.4 Å². The average Bonchev–Trinajstić information content (AvgIpc) is 2.84. The standard InChI is InChI=1S/C24H25N3O3S/c1-25(31(29,30)21-12-6-3-7-13-21)23-15-9-8-14-22(23)24(28)27-18-16-26(17-19-27)20-10-4-2-5-11-20/h2-15H,16-19H2,1H3. The molecule has 0 spiro atoms. The molecule has 1 aliphatic heterocycles. The molecule has 1 amide bonds. The van der Waals surface area contributed by atoms with Crippen LogP contribution >= 0.6 is 0 Å². The van der Waals surface area contributed by atoms with Gasteiger partial charge in [-0.25, -0.2) is 8.42 Å². The summed E-state index contributed by atoms with van der Waals surface area (Å²) in [5, 5.41) is 0. The van der Waals surface area contributed by atoms with Crippen LogP contribution in [0.4, 0.5) is 11.4 Å². The summed E-state index contributed by atoms with van der Waals surface area (Å²) in [5.74, 6) is -0.154. The van der Waals surface area contributed by atoms with E-state index in [0.717, 1.165) is 18.8 Å². The van der Waals surface area contributed by atoms with Gasteiger partial charge in [0.1, 0.15) is 0 Å². The fourth-order valence-electron chi connectivity index (χ4n) is 3.79. The Hall–Kier alpha value is -3.32. The highest BCUT2D eigenvalue weighted by Gasteiger charge is 2.28. The van der Waals surface area contributed by atoms with Gasteiger partial charge in [0.2, 0.25) is 0 Å². The van der Waals surface area contributed by atoms with E-state index in [9.17, 15) is 13.2 Å². The number of amides is 1. The predicted octanol–water partition coefficient (Wildman–Crippen LogP) is 3.47. The average molecular weight is 436 g/mol. The Bertz CT molecular complexity index is 1140. The zero-order valence-corrected chi connectivity index (χ0v) is 18.2. The van der Waals surface area contributed by atoms with Crippen LogP contribution in [0, 0.1) is 0 Å². The van der Waals surface area contributed by atoms with Crippen molar-refractivity contribution in [1.29, 1.82) is 0 Å². The number of sulfonamides is 1. The molecule has 3 aromatic carbocycles. The summed E-state index contributed by atoms with van der Waals surface area (Å²) in [7, 11) is -2.28. The van der Waals surface area contributed by atoms with Crippen LogP contribution in [0.5, 0.6) is 0 Å². The van der Waals surface area contributed by atoms with Crippen LogP contribution in [0.1, 0.15) is 10.4 Å². The number of nitrogens with zero attached hydrogens (tertiary/aromatic N) is 3. The molecule has 160 valence electrons. The molecule has 4 rings (SSSR count).